The second kappa shape index (κ2) is 7.59. The molecule has 2 heterocycles. The van der Waals surface area contributed by atoms with Gasteiger partial charge in [0.15, 0.2) is 5.15 Å². The summed E-state index contributed by atoms with van der Waals surface area (Å²) in [5, 5.41) is 11.3. The van der Waals surface area contributed by atoms with Gasteiger partial charge in [0, 0.05) is 31.5 Å². The van der Waals surface area contributed by atoms with E-state index in [1.807, 2.05) is 31.3 Å². The lowest BCUT2D eigenvalue weighted by Gasteiger charge is -2.24. The Morgan fingerprint density at radius 2 is 2.11 bits per heavy atom. The van der Waals surface area contributed by atoms with Crippen LogP contribution in [0.1, 0.15) is 24.2 Å². The van der Waals surface area contributed by atoms with Gasteiger partial charge < -0.3 is 4.90 Å². The molecule has 3 rings (SSSR count). The van der Waals surface area contributed by atoms with E-state index < -0.39 is 4.92 Å². The van der Waals surface area contributed by atoms with Crippen molar-refractivity contribution in [2.75, 3.05) is 7.05 Å². The highest BCUT2D eigenvalue weighted by atomic mass is 35.5. The molecule has 2 aromatic heterocycles. The van der Waals surface area contributed by atoms with Crippen molar-refractivity contribution in [3.8, 4) is 0 Å². The standard InChI is InChI=1S/C19H17ClN4O3/c1-13(14-6-5-7-15(12-14)24(26)27)22(2)18(25)10-9-16-19(20)21-17-8-3-4-11-23(16)17/h3-13H,1-2H3/b10-9+/t13-/m0/s1. The molecule has 0 radical (unpaired) electrons. The SMILES string of the molecule is C[C@@H](c1cccc([N+](=O)[O-])c1)N(C)C(=O)/C=C/c1c(Cl)nc2ccccn12. The molecule has 0 bridgehead atoms. The van der Waals surface area contributed by atoms with Crippen LogP contribution in [0.25, 0.3) is 11.7 Å². The number of hydrogen-bond donors (Lipinski definition) is 0. The maximum absolute atomic E-state index is 12.6. The van der Waals surface area contributed by atoms with Gasteiger partial charge in [-0.2, -0.15) is 0 Å². The third-order valence-corrected chi connectivity index (χ3v) is 4.68. The van der Waals surface area contributed by atoms with E-state index in [0.717, 1.165) is 0 Å². The van der Waals surface area contributed by atoms with Crippen molar-refractivity contribution in [3.05, 3.63) is 81.3 Å². The molecule has 7 nitrogen and oxygen atoms in total. The zero-order valence-electron chi connectivity index (χ0n) is 14.7. The first-order valence-electron chi connectivity index (χ1n) is 8.20. The fourth-order valence-corrected chi connectivity index (χ4v) is 2.96. The average molecular weight is 385 g/mol. The lowest BCUT2D eigenvalue weighted by atomic mass is 10.1. The summed E-state index contributed by atoms with van der Waals surface area (Å²) in [7, 11) is 1.65. The highest BCUT2D eigenvalue weighted by Gasteiger charge is 2.18. The Hall–Kier alpha value is -3.19. The number of pyridine rings is 1. The van der Waals surface area contributed by atoms with Crippen LogP contribution < -0.4 is 0 Å². The van der Waals surface area contributed by atoms with E-state index in [1.165, 1.54) is 23.1 Å². The minimum Gasteiger partial charge on any atom is -0.335 e. The molecule has 138 valence electrons. The van der Waals surface area contributed by atoms with Gasteiger partial charge in [-0.15, -0.1) is 0 Å². The number of benzene rings is 1. The predicted molar refractivity (Wildman–Crippen MR) is 104 cm³/mol. The van der Waals surface area contributed by atoms with Crippen LogP contribution in [-0.4, -0.2) is 32.2 Å². The first-order valence-corrected chi connectivity index (χ1v) is 8.58. The van der Waals surface area contributed by atoms with E-state index in [-0.39, 0.29) is 17.6 Å². The maximum atomic E-state index is 12.6. The summed E-state index contributed by atoms with van der Waals surface area (Å²) in [6.07, 6.45) is 4.84. The molecule has 1 aromatic carbocycles. The number of fused-ring (bicyclic) bond motifs is 1. The Bertz CT molecular complexity index is 1040. The number of nitro groups is 1. The smallest absolute Gasteiger partial charge is 0.269 e. The van der Waals surface area contributed by atoms with Crippen molar-refractivity contribution < 1.29 is 9.72 Å². The zero-order chi connectivity index (χ0) is 19.6. The Labute approximate surface area is 160 Å². The molecule has 1 amide bonds. The minimum atomic E-state index is -0.454. The molecule has 8 heteroatoms. The first-order chi connectivity index (χ1) is 12.9. The Morgan fingerprint density at radius 3 is 2.85 bits per heavy atom. The Morgan fingerprint density at radius 1 is 1.33 bits per heavy atom. The summed E-state index contributed by atoms with van der Waals surface area (Å²) in [6, 6.07) is 11.4. The fourth-order valence-electron chi connectivity index (χ4n) is 2.72. The van der Waals surface area contributed by atoms with E-state index in [1.54, 1.807) is 29.7 Å². The third-order valence-electron chi connectivity index (χ3n) is 4.40. The molecule has 0 saturated heterocycles. The number of carbonyl (C=O) groups is 1. The van der Waals surface area contributed by atoms with Crippen LogP contribution in [0.3, 0.4) is 0 Å². The molecule has 27 heavy (non-hydrogen) atoms. The summed E-state index contributed by atoms with van der Waals surface area (Å²) in [6.45, 7) is 1.81. The molecular formula is C19H17ClN4O3. The van der Waals surface area contributed by atoms with Crippen molar-refractivity contribution in [3.63, 3.8) is 0 Å². The lowest BCUT2D eigenvalue weighted by molar-refractivity contribution is -0.384. The van der Waals surface area contributed by atoms with Gasteiger partial charge in [-0.05, 0) is 30.7 Å². The van der Waals surface area contributed by atoms with Crippen LogP contribution >= 0.6 is 11.6 Å². The monoisotopic (exact) mass is 384 g/mol. The number of halogens is 1. The molecule has 0 unspecified atom stereocenters. The van der Waals surface area contributed by atoms with Crippen LogP contribution in [0, 0.1) is 10.1 Å². The van der Waals surface area contributed by atoms with Gasteiger partial charge in [-0.1, -0.05) is 29.8 Å². The highest BCUT2D eigenvalue weighted by Crippen LogP contribution is 2.24. The van der Waals surface area contributed by atoms with Crippen molar-refractivity contribution >= 4 is 34.9 Å². The van der Waals surface area contributed by atoms with Gasteiger partial charge in [0.05, 0.1) is 16.7 Å². The summed E-state index contributed by atoms with van der Waals surface area (Å²) >= 11 is 6.16. The molecule has 0 N–H and O–H groups in total. The van der Waals surface area contributed by atoms with Crippen LogP contribution in [0.5, 0.6) is 0 Å². The normalized spacial score (nSPS) is 12.4. The Kier molecular flexibility index (Phi) is 5.23. The van der Waals surface area contributed by atoms with Gasteiger partial charge in [0.2, 0.25) is 5.91 Å². The number of likely N-dealkylation sites (N-methyl/N-ethyl adjacent to an activating group) is 1. The van der Waals surface area contributed by atoms with Gasteiger partial charge in [0.1, 0.15) is 5.65 Å². The molecule has 0 aliphatic carbocycles. The average Bonchev–Trinajstić information content (AvgIpc) is 3.00. The molecule has 3 aromatic rings. The maximum Gasteiger partial charge on any atom is 0.269 e. The molecular weight excluding hydrogens is 368 g/mol. The number of aromatic nitrogens is 2. The second-order valence-corrected chi connectivity index (χ2v) is 6.39. The van der Waals surface area contributed by atoms with Crippen LogP contribution in [0.2, 0.25) is 5.15 Å². The number of nitro benzene ring substituents is 1. The van der Waals surface area contributed by atoms with Crippen molar-refractivity contribution in [2.45, 2.75) is 13.0 Å². The van der Waals surface area contributed by atoms with E-state index >= 15 is 0 Å². The molecule has 0 spiro atoms. The third kappa shape index (κ3) is 3.83. The van der Waals surface area contributed by atoms with Gasteiger partial charge >= 0.3 is 0 Å². The van der Waals surface area contributed by atoms with E-state index in [4.69, 9.17) is 11.6 Å². The zero-order valence-corrected chi connectivity index (χ0v) is 15.5. The van der Waals surface area contributed by atoms with E-state index in [0.29, 0.717) is 22.1 Å². The number of carbonyl (C=O) groups excluding carboxylic acids is 1. The summed E-state index contributed by atoms with van der Waals surface area (Å²) in [5.41, 5.74) is 1.97. The lowest BCUT2D eigenvalue weighted by Crippen LogP contribution is -2.28. The summed E-state index contributed by atoms with van der Waals surface area (Å²) < 4.78 is 1.79. The summed E-state index contributed by atoms with van der Waals surface area (Å²) in [4.78, 5) is 28.8. The number of nitrogens with zero attached hydrogens (tertiary/aromatic N) is 4. The van der Waals surface area contributed by atoms with Gasteiger partial charge in [0.25, 0.3) is 5.69 Å². The number of imidazole rings is 1. The Balaban J connectivity index is 1.80. The minimum absolute atomic E-state index is 0.00625. The number of non-ortho nitro benzene ring substituents is 1. The first kappa shape index (κ1) is 18.6. The molecule has 0 fully saturated rings. The highest BCUT2D eigenvalue weighted by molar-refractivity contribution is 6.31. The number of amides is 1. The number of hydrogen-bond acceptors (Lipinski definition) is 4. The van der Waals surface area contributed by atoms with E-state index in [9.17, 15) is 14.9 Å². The van der Waals surface area contributed by atoms with Crippen molar-refractivity contribution in [1.29, 1.82) is 0 Å². The molecule has 1 atom stereocenters. The topological polar surface area (TPSA) is 80.8 Å². The largest absolute Gasteiger partial charge is 0.335 e. The van der Waals surface area contributed by atoms with Crippen LogP contribution in [0.4, 0.5) is 5.69 Å². The quantitative estimate of drug-likeness (QED) is 0.376. The summed E-state index contributed by atoms with van der Waals surface area (Å²) in [5.74, 6) is -0.254. The predicted octanol–water partition coefficient (Wildman–Crippen LogP) is 4.13. The van der Waals surface area contributed by atoms with Crippen LogP contribution in [-0.2, 0) is 4.79 Å². The fraction of sp³-hybridized carbons (Fsp3) is 0.158. The van der Waals surface area contributed by atoms with Gasteiger partial charge in [-0.3, -0.25) is 19.3 Å². The van der Waals surface area contributed by atoms with Crippen molar-refractivity contribution in [2.24, 2.45) is 0 Å². The number of rotatable bonds is 5. The van der Waals surface area contributed by atoms with Crippen LogP contribution in [0.15, 0.2) is 54.7 Å². The molecule has 0 aliphatic rings. The van der Waals surface area contributed by atoms with Crippen molar-refractivity contribution in [1.82, 2.24) is 14.3 Å². The molecule has 0 aliphatic heterocycles. The van der Waals surface area contributed by atoms with E-state index in [2.05, 4.69) is 4.98 Å². The second-order valence-electron chi connectivity index (χ2n) is 6.03. The molecule has 0 saturated carbocycles. The van der Waals surface area contributed by atoms with Gasteiger partial charge in [-0.25, -0.2) is 4.98 Å².